The van der Waals surface area contributed by atoms with Gasteiger partial charge in [-0.05, 0) is 19.1 Å². The van der Waals surface area contributed by atoms with Crippen molar-refractivity contribution in [3.05, 3.63) is 23.7 Å². The maximum atomic E-state index is 11.8. The highest BCUT2D eigenvalue weighted by atomic mass is 16.3. The Hall–Kier alpha value is -1.33. The minimum atomic E-state index is -0.263. The van der Waals surface area contributed by atoms with Gasteiger partial charge in [0.05, 0.1) is 19.2 Å². The number of hydrogen-bond donors (Lipinski definition) is 1. The molecule has 1 aliphatic rings. The minimum Gasteiger partial charge on any atom is -0.464 e. The molecular weight excluding hydrogens is 220 g/mol. The van der Waals surface area contributed by atoms with Crippen molar-refractivity contribution in [3.8, 4) is 0 Å². The third kappa shape index (κ3) is 3.08. The van der Waals surface area contributed by atoms with E-state index >= 15 is 0 Å². The molecule has 0 spiro atoms. The number of hydrogen-bond acceptors (Lipinski definition) is 4. The van der Waals surface area contributed by atoms with Gasteiger partial charge in [-0.1, -0.05) is 0 Å². The van der Waals surface area contributed by atoms with Gasteiger partial charge in [-0.3, -0.25) is 9.69 Å². The molecule has 5 nitrogen and oxygen atoms in total. The molecule has 0 atom stereocenters. The number of carbonyl (C=O) groups is 1. The van der Waals surface area contributed by atoms with Gasteiger partial charge in [-0.25, -0.2) is 0 Å². The third-order valence-corrected chi connectivity index (χ3v) is 2.91. The van der Waals surface area contributed by atoms with Crippen LogP contribution in [0, 0.1) is 6.92 Å². The predicted octanol–water partition coefficient (Wildman–Crippen LogP) is 0.223. The Morgan fingerprint density at radius 3 is 2.82 bits per heavy atom. The lowest BCUT2D eigenvalue weighted by Gasteiger charge is -2.35. The van der Waals surface area contributed by atoms with Crippen molar-refractivity contribution in [2.24, 2.45) is 0 Å². The molecule has 1 amide bonds. The van der Waals surface area contributed by atoms with Crippen LogP contribution in [0.25, 0.3) is 0 Å². The second-order valence-electron chi connectivity index (χ2n) is 4.61. The summed E-state index contributed by atoms with van der Waals surface area (Å²) >= 11 is 0. The minimum absolute atomic E-state index is 0.0472. The molecule has 1 fully saturated rings. The van der Waals surface area contributed by atoms with Crippen molar-refractivity contribution in [1.29, 1.82) is 0 Å². The highest BCUT2D eigenvalue weighted by Gasteiger charge is 2.27. The Labute approximate surface area is 101 Å². The first kappa shape index (κ1) is 12.1. The van der Waals surface area contributed by atoms with E-state index < -0.39 is 0 Å². The normalized spacial score (nSPS) is 16.9. The van der Waals surface area contributed by atoms with Crippen LogP contribution in [0.1, 0.15) is 11.5 Å². The SMILES string of the molecule is Cc1ccc(CN(C)C(=O)CN2CC(O)C2)o1. The van der Waals surface area contributed by atoms with Gasteiger partial charge in [0.15, 0.2) is 0 Å². The van der Waals surface area contributed by atoms with Crippen LogP contribution in [-0.4, -0.2) is 53.6 Å². The fraction of sp³-hybridized carbons (Fsp3) is 0.583. The number of β-amino-alcohol motifs (C(OH)–C–C–N with tert-alkyl or cyclic N) is 1. The number of aliphatic hydroxyl groups is 1. The van der Waals surface area contributed by atoms with E-state index in [0.29, 0.717) is 26.2 Å². The van der Waals surface area contributed by atoms with Crippen molar-refractivity contribution in [2.75, 3.05) is 26.7 Å². The van der Waals surface area contributed by atoms with Gasteiger partial charge < -0.3 is 14.4 Å². The average molecular weight is 238 g/mol. The molecule has 17 heavy (non-hydrogen) atoms. The number of nitrogens with zero attached hydrogens (tertiary/aromatic N) is 2. The third-order valence-electron chi connectivity index (χ3n) is 2.91. The monoisotopic (exact) mass is 238 g/mol. The van der Waals surface area contributed by atoms with Gasteiger partial charge in [0, 0.05) is 20.1 Å². The number of likely N-dealkylation sites (tertiary alicyclic amines) is 1. The van der Waals surface area contributed by atoms with Gasteiger partial charge in [-0.15, -0.1) is 0 Å². The van der Waals surface area contributed by atoms with Crippen LogP contribution in [-0.2, 0) is 11.3 Å². The summed E-state index contributed by atoms with van der Waals surface area (Å²) in [6.07, 6.45) is -0.263. The largest absolute Gasteiger partial charge is 0.464 e. The predicted molar refractivity (Wildman–Crippen MR) is 62.4 cm³/mol. The second-order valence-corrected chi connectivity index (χ2v) is 4.61. The van der Waals surface area contributed by atoms with E-state index in [1.54, 1.807) is 11.9 Å². The van der Waals surface area contributed by atoms with Crippen molar-refractivity contribution < 1.29 is 14.3 Å². The molecule has 1 aliphatic heterocycles. The van der Waals surface area contributed by atoms with E-state index in [1.165, 1.54) is 0 Å². The van der Waals surface area contributed by atoms with Crippen molar-refractivity contribution in [3.63, 3.8) is 0 Å². The molecule has 1 aromatic rings. The zero-order chi connectivity index (χ0) is 12.4. The molecule has 1 N–H and O–H groups in total. The maximum absolute atomic E-state index is 11.8. The lowest BCUT2D eigenvalue weighted by atomic mass is 10.2. The number of carbonyl (C=O) groups excluding carboxylic acids is 1. The molecule has 5 heteroatoms. The van der Waals surface area contributed by atoms with E-state index in [2.05, 4.69) is 0 Å². The molecule has 0 unspecified atom stereocenters. The quantitative estimate of drug-likeness (QED) is 0.815. The first-order valence-corrected chi connectivity index (χ1v) is 5.74. The molecule has 1 aromatic heterocycles. The topological polar surface area (TPSA) is 56.9 Å². The van der Waals surface area contributed by atoms with Gasteiger partial charge in [0.25, 0.3) is 0 Å². The summed E-state index contributed by atoms with van der Waals surface area (Å²) in [4.78, 5) is 15.4. The lowest BCUT2D eigenvalue weighted by molar-refractivity contribution is -0.134. The summed E-state index contributed by atoms with van der Waals surface area (Å²) in [5, 5.41) is 9.13. The van der Waals surface area contributed by atoms with Crippen LogP contribution >= 0.6 is 0 Å². The van der Waals surface area contributed by atoms with E-state index in [-0.39, 0.29) is 12.0 Å². The zero-order valence-electron chi connectivity index (χ0n) is 10.2. The second kappa shape index (κ2) is 4.89. The summed E-state index contributed by atoms with van der Waals surface area (Å²) in [6, 6.07) is 3.77. The first-order chi connectivity index (χ1) is 8.04. The van der Waals surface area contributed by atoms with Crippen molar-refractivity contribution >= 4 is 5.91 Å². The van der Waals surface area contributed by atoms with Crippen LogP contribution in [0.4, 0.5) is 0 Å². The lowest BCUT2D eigenvalue weighted by Crippen LogP contribution is -2.53. The fourth-order valence-electron chi connectivity index (χ4n) is 1.88. The molecule has 2 rings (SSSR count). The molecule has 0 saturated carbocycles. The van der Waals surface area contributed by atoms with Gasteiger partial charge in [0.1, 0.15) is 11.5 Å². The molecule has 0 bridgehead atoms. The molecule has 1 saturated heterocycles. The molecule has 0 radical (unpaired) electrons. The molecule has 0 aromatic carbocycles. The highest BCUT2D eigenvalue weighted by Crippen LogP contribution is 2.10. The van der Waals surface area contributed by atoms with Crippen molar-refractivity contribution in [2.45, 2.75) is 19.6 Å². The number of amides is 1. The molecule has 2 heterocycles. The van der Waals surface area contributed by atoms with Gasteiger partial charge in [-0.2, -0.15) is 0 Å². The van der Waals surface area contributed by atoms with E-state index in [0.717, 1.165) is 11.5 Å². The summed E-state index contributed by atoms with van der Waals surface area (Å²) in [5.41, 5.74) is 0. The summed E-state index contributed by atoms with van der Waals surface area (Å²) in [7, 11) is 1.76. The first-order valence-electron chi connectivity index (χ1n) is 5.74. The molecule has 0 aliphatic carbocycles. The molecule has 94 valence electrons. The Morgan fingerprint density at radius 1 is 1.59 bits per heavy atom. The fourth-order valence-corrected chi connectivity index (χ4v) is 1.88. The summed E-state index contributed by atoms with van der Waals surface area (Å²) in [5.74, 6) is 1.69. The van der Waals surface area contributed by atoms with Crippen LogP contribution < -0.4 is 0 Å². The average Bonchev–Trinajstić information content (AvgIpc) is 2.61. The van der Waals surface area contributed by atoms with Crippen LogP contribution in [0.2, 0.25) is 0 Å². The molecular formula is C12H18N2O3. The number of likely N-dealkylation sites (N-methyl/N-ethyl adjacent to an activating group) is 1. The van der Waals surface area contributed by atoms with E-state index in [9.17, 15) is 4.79 Å². The maximum Gasteiger partial charge on any atom is 0.236 e. The Bertz CT molecular complexity index is 396. The number of furan rings is 1. The smallest absolute Gasteiger partial charge is 0.236 e. The van der Waals surface area contributed by atoms with Crippen LogP contribution in [0.3, 0.4) is 0 Å². The summed E-state index contributed by atoms with van der Waals surface area (Å²) in [6.45, 7) is 3.93. The summed E-state index contributed by atoms with van der Waals surface area (Å²) < 4.78 is 5.42. The Balaban J connectivity index is 1.79. The zero-order valence-corrected chi connectivity index (χ0v) is 10.2. The van der Waals surface area contributed by atoms with Gasteiger partial charge in [0.2, 0.25) is 5.91 Å². The Kier molecular flexibility index (Phi) is 3.49. The Morgan fingerprint density at radius 2 is 2.29 bits per heavy atom. The van der Waals surface area contributed by atoms with Crippen LogP contribution in [0.15, 0.2) is 16.5 Å². The van der Waals surface area contributed by atoms with E-state index in [4.69, 9.17) is 9.52 Å². The number of aliphatic hydroxyl groups excluding tert-OH is 1. The number of rotatable bonds is 4. The standard InChI is InChI=1S/C12H18N2O3/c1-9-3-4-11(17-9)7-13(2)12(16)8-14-5-10(15)6-14/h3-4,10,15H,5-8H2,1-2H3. The number of aryl methyl sites for hydroxylation is 1. The van der Waals surface area contributed by atoms with Gasteiger partial charge >= 0.3 is 0 Å². The van der Waals surface area contributed by atoms with Crippen LogP contribution in [0.5, 0.6) is 0 Å². The van der Waals surface area contributed by atoms with E-state index in [1.807, 2.05) is 24.0 Å². The van der Waals surface area contributed by atoms with Crippen molar-refractivity contribution in [1.82, 2.24) is 9.80 Å². The highest BCUT2D eigenvalue weighted by molar-refractivity contribution is 5.78.